The fraction of sp³-hybridized carbons (Fsp3) is 0.312. The van der Waals surface area contributed by atoms with E-state index >= 15 is 0 Å². The number of benzene rings is 1. The summed E-state index contributed by atoms with van der Waals surface area (Å²) >= 11 is 6.04. The minimum atomic E-state index is -0.264. The fourth-order valence-corrected chi connectivity index (χ4v) is 1.97. The van der Waals surface area contributed by atoms with Crippen molar-refractivity contribution in [3.05, 3.63) is 46.7 Å². The number of hydrogen-bond donors (Lipinski definition) is 2. The van der Waals surface area contributed by atoms with Gasteiger partial charge < -0.3 is 10.6 Å². The maximum Gasteiger partial charge on any atom is 0.258 e. The molecule has 0 spiro atoms. The molecule has 0 aliphatic rings. The molecule has 0 atom stereocenters. The van der Waals surface area contributed by atoms with Crippen LogP contribution in [0.25, 0.3) is 0 Å². The first-order valence-electron chi connectivity index (χ1n) is 7.23. The normalized spacial score (nSPS) is 10.3. The van der Waals surface area contributed by atoms with E-state index in [1.807, 2.05) is 13.0 Å². The number of aromatic nitrogens is 2. The van der Waals surface area contributed by atoms with E-state index in [2.05, 4.69) is 27.5 Å². The monoisotopic (exact) mass is 318 g/mol. The van der Waals surface area contributed by atoms with Crippen molar-refractivity contribution in [3.8, 4) is 0 Å². The highest BCUT2D eigenvalue weighted by atomic mass is 35.5. The molecule has 1 amide bonds. The molecule has 1 aromatic carbocycles. The highest BCUT2D eigenvalue weighted by molar-refractivity contribution is 6.31. The predicted molar refractivity (Wildman–Crippen MR) is 89.6 cm³/mol. The summed E-state index contributed by atoms with van der Waals surface area (Å²) in [6.07, 6.45) is 5.17. The van der Waals surface area contributed by atoms with Gasteiger partial charge in [0.1, 0.15) is 0 Å². The quantitative estimate of drug-likeness (QED) is 0.793. The van der Waals surface area contributed by atoms with Crippen LogP contribution in [-0.4, -0.2) is 22.4 Å². The lowest BCUT2D eigenvalue weighted by molar-refractivity contribution is 0.102. The number of rotatable bonds is 6. The zero-order valence-electron chi connectivity index (χ0n) is 12.7. The molecular weight excluding hydrogens is 300 g/mol. The van der Waals surface area contributed by atoms with E-state index in [0.29, 0.717) is 22.2 Å². The third-order valence-electron chi connectivity index (χ3n) is 3.16. The molecule has 116 valence electrons. The van der Waals surface area contributed by atoms with Gasteiger partial charge >= 0.3 is 0 Å². The van der Waals surface area contributed by atoms with E-state index in [0.717, 1.165) is 24.9 Å². The summed E-state index contributed by atoms with van der Waals surface area (Å²) in [5.41, 5.74) is 2.01. The van der Waals surface area contributed by atoms with Gasteiger partial charge in [-0.05, 0) is 31.0 Å². The van der Waals surface area contributed by atoms with E-state index in [1.165, 1.54) is 12.4 Å². The summed E-state index contributed by atoms with van der Waals surface area (Å²) < 4.78 is 0. The van der Waals surface area contributed by atoms with E-state index in [4.69, 9.17) is 11.6 Å². The van der Waals surface area contributed by atoms with Gasteiger partial charge in [-0.25, -0.2) is 9.97 Å². The first kappa shape index (κ1) is 16.2. The van der Waals surface area contributed by atoms with Crippen LogP contribution in [0.1, 0.15) is 35.7 Å². The Kier molecular flexibility index (Phi) is 5.72. The van der Waals surface area contributed by atoms with Crippen LogP contribution in [0, 0.1) is 6.92 Å². The second kappa shape index (κ2) is 7.75. The maximum absolute atomic E-state index is 12.1. The zero-order chi connectivity index (χ0) is 15.9. The van der Waals surface area contributed by atoms with E-state index < -0.39 is 0 Å². The Hall–Kier alpha value is -2.14. The fourth-order valence-electron chi connectivity index (χ4n) is 1.79. The number of unbranched alkanes of at least 4 members (excludes halogenated alkanes) is 1. The number of nitrogens with one attached hydrogen (secondary N) is 2. The molecule has 2 aromatic rings. The Morgan fingerprint density at radius 2 is 2.00 bits per heavy atom. The van der Waals surface area contributed by atoms with E-state index in [-0.39, 0.29) is 5.91 Å². The average molecular weight is 319 g/mol. The summed E-state index contributed by atoms with van der Waals surface area (Å²) in [6.45, 7) is 4.85. The van der Waals surface area contributed by atoms with Crippen molar-refractivity contribution in [2.75, 3.05) is 17.2 Å². The zero-order valence-corrected chi connectivity index (χ0v) is 13.4. The van der Waals surface area contributed by atoms with Gasteiger partial charge in [0.25, 0.3) is 5.91 Å². The van der Waals surface area contributed by atoms with E-state index in [1.54, 1.807) is 12.1 Å². The lowest BCUT2D eigenvalue weighted by Crippen LogP contribution is -2.13. The van der Waals surface area contributed by atoms with Crippen molar-refractivity contribution < 1.29 is 4.79 Å². The molecule has 0 aliphatic carbocycles. The summed E-state index contributed by atoms with van der Waals surface area (Å²) in [6, 6.07) is 5.38. The van der Waals surface area contributed by atoms with E-state index in [9.17, 15) is 4.79 Å². The largest absolute Gasteiger partial charge is 0.354 e. The highest BCUT2D eigenvalue weighted by Gasteiger charge is 2.08. The first-order valence-corrected chi connectivity index (χ1v) is 7.61. The molecule has 0 fully saturated rings. The third kappa shape index (κ3) is 4.43. The van der Waals surface area contributed by atoms with Crippen molar-refractivity contribution >= 4 is 29.1 Å². The molecule has 0 bridgehead atoms. The molecule has 0 saturated heterocycles. The number of aryl methyl sites for hydroxylation is 1. The smallest absolute Gasteiger partial charge is 0.258 e. The number of carbonyl (C=O) groups is 1. The minimum Gasteiger partial charge on any atom is -0.354 e. The SMILES string of the molecule is CCCCNc1ncc(C(=O)Nc2ccc(C)c(Cl)c2)cn1. The van der Waals surface area contributed by atoms with Gasteiger partial charge in [0.15, 0.2) is 0 Å². The van der Waals surface area contributed by atoms with Crippen molar-refractivity contribution in [1.29, 1.82) is 0 Å². The second-order valence-corrected chi connectivity index (χ2v) is 5.40. The summed E-state index contributed by atoms with van der Waals surface area (Å²) in [7, 11) is 0. The van der Waals surface area contributed by atoms with Crippen LogP contribution >= 0.6 is 11.6 Å². The van der Waals surface area contributed by atoms with Gasteiger partial charge in [-0.15, -0.1) is 0 Å². The molecule has 0 radical (unpaired) electrons. The van der Waals surface area contributed by atoms with Gasteiger partial charge in [0.2, 0.25) is 5.95 Å². The van der Waals surface area contributed by atoms with Crippen LogP contribution in [0.15, 0.2) is 30.6 Å². The number of carbonyl (C=O) groups excluding carboxylic acids is 1. The molecule has 2 N–H and O–H groups in total. The van der Waals surface area contributed by atoms with Gasteiger partial charge in [-0.1, -0.05) is 31.0 Å². The Labute approximate surface area is 135 Å². The molecule has 22 heavy (non-hydrogen) atoms. The van der Waals surface area contributed by atoms with Gasteiger partial charge in [0.05, 0.1) is 5.56 Å². The Morgan fingerprint density at radius 3 is 2.64 bits per heavy atom. The average Bonchev–Trinajstić information content (AvgIpc) is 2.52. The number of nitrogens with zero attached hydrogens (tertiary/aromatic N) is 2. The molecule has 0 aliphatic heterocycles. The van der Waals surface area contributed by atoms with Crippen LogP contribution < -0.4 is 10.6 Å². The summed E-state index contributed by atoms with van der Waals surface area (Å²) in [5.74, 6) is 0.267. The van der Waals surface area contributed by atoms with Crippen molar-refractivity contribution in [1.82, 2.24) is 9.97 Å². The summed E-state index contributed by atoms with van der Waals surface area (Å²) in [5, 5.41) is 6.49. The number of anilines is 2. The molecule has 1 aromatic heterocycles. The van der Waals surface area contributed by atoms with Crippen molar-refractivity contribution in [2.24, 2.45) is 0 Å². The number of amides is 1. The van der Waals surface area contributed by atoms with Crippen LogP contribution in [-0.2, 0) is 0 Å². The Balaban J connectivity index is 1.98. The molecule has 0 saturated carbocycles. The summed E-state index contributed by atoms with van der Waals surface area (Å²) in [4.78, 5) is 20.4. The van der Waals surface area contributed by atoms with Gasteiger partial charge in [-0.2, -0.15) is 0 Å². The predicted octanol–water partition coefficient (Wildman–Crippen LogP) is 3.90. The topological polar surface area (TPSA) is 66.9 Å². The third-order valence-corrected chi connectivity index (χ3v) is 3.56. The van der Waals surface area contributed by atoms with Crippen LogP contribution in [0.4, 0.5) is 11.6 Å². The first-order chi connectivity index (χ1) is 10.6. The standard InChI is InChI=1S/C16H19ClN4O/c1-3-4-7-18-16-19-9-12(10-20-16)15(22)21-13-6-5-11(2)14(17)8-13/h5-6,8-10H,3-4,7H2,1-2H3,(H,21,22)(H,18,19,20). The number of hydrogen-bond acceptors (Lipinski definition) is 4. The Bertz CT molecular complexity index is 643. The maximum atomic E-state index is 12.1. The van der Waals surface area contributed by atoms with Crippen molar-refractivity contribution in [2.45, 2.75) is 26.7 Å². The molecule has 5 nitrogen and oxygen atoms in total. The highest BCUT2D eigenvalue weighted by Crippen LogP contribution is 2.20. The van der Waals surface area contributed by atoms with Crippen LogP contribution in [0.5, 0.6) is 0 Å². The second-order valence-electron chi connectivity index (χ2n) is 4.99. The molecule has 1 heterocycles. The number of halogens is 1. The molecular formula is C16H19ClN4O. The molecule has 2 rings (SSSR count). The van der Waals surface area contributed by atoms with Crippen LogP contribution in [0.3, 0.4) is 0 Å². The van der Waals surface area contributed by atoms with Crippen molar-refractivity contribution in [3.63, 3.8) is 0 Å². The minimum absolute atomic E-state index is 0.264. The van der Waals surface area contributed by atoms with Gasteiger partial charge in [-0.3, -0.25) is 4.79 Å². The lowest BCUT2D eigenvalue weighted by atomic mass is 10.2. The molecule has 6 heteroatoms. The van der Waals surface area contributed by atoms with Crippen LogP contribution in [0.2, 0.25) is 5.02 Å². The molecule has 0 unspecified atom stereocenters. The van der Waals surface area contributed by atoms with Gasteiger partial charge in [0, 0.05) is 29.6 Å². The lowest BCUT2D eigenvalue weighted by Gasteiger charge is -2.07. The Morgan fingerprint density at radius 1 is 1.27 bits per heavy atom.